The maximum atomic E-state index is 12.4. The van der Waals surface area contributed by atoms with Crippen LogP contribution in [0.2, 0.25) is 0 Å². The molecule has 0 fully saturated rings. The van der Waals surface area contributed by atoms with Crippen molar-refractivity contribution in [1.29, 1.82) is 0 Å². The Hall–Kier alpha value is -3.28. The Morgan fingerprint density at radius 2 is 2.04 bits per heavy atom. The lowest BCUT2D eigenvalue weighted by Crippen LogP contribution is -2.18. The summed E-state index contributed by atoms with van der Waals surface area (Å²) in [5, 5.41) is 5.11. The molecule has 0 radical (unpaired) electrons. The standard InChI is InChI=1S/C20H19N3O3/c1-13(6-7-14-8-9-18-19(10-14)26-12-25-18)22-23-20(24)16-11-21-17-5-3-2-4-15(16)17/h2-5,8-11,21H,6-7,12H2,1H3,(H,23,24). The van der Waals surface area contributed by atoms with Crippen LogP contribution in [0.15, 0.2) is 53.8 Å². The van der Waals surface area contributed by atoms with Gasteiger partial charge in [-0.3, -0.25) is 4.79 Å². The van der Waals surface area contributed by atoms with Crippen LogP contribution in [0.5, 0.6) is 11.5 Å². The first-order chi connectivity index (χ1) is 12.7. The maximum Gasteiger partial charge on any atom is 0.273 e. The van der Waals surface area contributed by atoms with Crippen molar-refractivity contribution in [1.82, 2.24) is 10.4 Å². The molecule has 2 heterocycles. The topological polar surface area (TPSA) is 75.7 Å². The first-order valence-electron chi connectivity index (χ1n) is 8.49. The lowest BCUT2D eigenvalue weighted by atomic mass is 10.1. The predicted octanol–water partition coefficient (Wildman–Crippen LogP) is 3.64. The van der Waals surface area contributed by atoms with E-state index in [4.69, 9.17) is 9.47 Å². The number of nitrogens with one attached hydrogen (secondary N) is 2. The van der Waals surface area contributed by atoms with Gasteiger partial charge in [-0.2, -0.15) is 5.10 Å². The number of benzene rings is 2. The summed E-state index contributed by atoms with van der Waals surface area (Å²) in [5.74, 6) is 1.35. The Morgan fingerprint density at radius 1 is 1.19 bits per heavy atom. The molecule has 0 saturated heterocycles. The maximum absolute atomic E-state index is 12.4. The molecule has 26 heavy (non-hydrogen) atoms. The van der Waals surface area contributed by atoms with Crippen molar-refractivity contribution in [3.05, 3.63) is 59.8 Å². The molecule has 0 bridgehead atoms. The quantitative estimate of drug-likeness (QED) is 0.545. The monoisotopic (exact) mass is 349 g/mol. The van der Waals surface area contributed by atoms with Crippen molar-refractivity contribution in [2.75, 3.05) is 6.79 Å². The van der Waals surface area contributed by atoms with E-state index >= 15 is 0 Å². The van der Waals surface area contributed by atoms with Crippen molar-refractivity contribution in [2.24, 2.45) is 5.10 Å². The number of hydrogen-bond acceptors (Lipinski definition) is 4. The first kappa shape index (κ1) is 16.2. The molecule has 1 aromatic heterocycles. The van der Waals surface area contributed by atoms with Crippen LogP contribution < -0.4 is 14.9 Å². The zero-order valence-corrected chi connectivity index (χ0v) is 14.4. The second-order valence-corrected chi connectivity index (χ2v) is 6.22. The van der Waals surface area contributed by atoms with E-state index in [1.165, 1.54) is 0 Å². The lowest BCUT2D eigenvalue weighted by Gasteiger charge is -2.04. The highest BCUT2D eigenvalue weighted by atomic mass is 16.7. The molecule has 0 aliphatic carbocycles. The molecule has 2 aromatic carbocycles. The first-order valence-corrected chi connectivity index (χ1v) is 8.49. The number of aromatic nitrogens is 1. The number of aryl methyl sites for hydroxylation is 1. The SMILES string of the molecule is CC(CCc1ccc2c(c1)OCO2)=NNC(=O)c1c[nH]c2ccccc12. The van der Waals surface area contributed by atoms with Gasteiger partial charge in [0.2, 0.25) is 6.79 Å². The molecule has 0 spiro atoms. The Morgan fingerprint density at radius 3 is 2.96 bits per heavy atom. The molecule has 0 saturated carbocycles. The fourth-order valence-corrected chi connectivity index (χ4v) is 2.94. The van der Waals surface area contributed by atoms with Gasteiger partial charge in [0.05, 0.1) is 5.56 Å². The Balaban J connectivity index is 1.37. The molecule has 0 unspecified atom stereocenters. The summed E-state index contributed by atoms with van der Waals surface area (Å²) < 4.78 is 10.7. The number of carbonyl (C=O) groups excluding carboxylic acids is 1. The number of ether oxygens (including phenoxy) is 2. The fourth-order valence-electron chi connectivity index (χ4n) is 2.94. The van der Waals surface area contributed by atoms with E-state index in [0.29, 0.717) is 5.56 Å². The highest BCUT2D eigenvalue weighted by Gasteiger charge is 2.13. The van der Waals surface area contributed by atoms with Gasteiger partial charge in [0.25, 0.3) is 5.91 Å². The second-order valence-electron chi connectivity index (χ2n) is 6.22. The van der Waals surface area contributed by atoms with Crippen LogP contribution in [0.1, 0.15) is 29.3 Å². The van der Waals surface area contributed by atoms with Gasteiger partial charge >= 0.3 is 0 Å². The average Bonchev–Trinajstić information content (AvgIpc) is 3.30. The molecule has 2 N–H and O–H groups in total. The van der Waals surface area contributed by atoms with Crippen LogP contribution in [-0.2, 0) is 6.42 Å². The molecule has 1 aliphatic rings. The van der Waals surface area contributed by atoms with Crippen LogP contribution in [0.3, 0.4) is 0 Å². The van der Waals surface area contributed by atoms with Crippen LogP contribution in [0.25, 0.3) is 10.9 Å². The van der Waals surface area contributed by atoms with Gasteiger partial charge in [-0.25, -0.2) is 5.43 Å². The number of aromatic amines is 1. The molecule has 3 aromatic rings. The Labute approximate surface area is 150 Å². The number of hydrogen-bond donors (Lipinski definition) is 2. The second kappa shape index (κ2) is 6.92. The van der Waals surface area contributed by atoms with E-state index in [-0.39, 0.29) is 12.7 Å². The smallest absolute Gasteiger partial charge is 0.273 e. The zero-order chi connectivity index (χ0) is 17.9. The zero-order valence-electron chi connectivity index (χ0n) is 14.4. The van der Waals surface area contributed by atoms with Crippen LogP contribution >= 0.6 is 0 Å². The third-order valence-corrected chi connectivity index (χ3v) is 4.39. The molecule has 6 heteroatoms. The molecule has 1 amide bonds. The van der Waals surface area contributed by atoms with Crippen LogP contribution in [0.4, 0.5) is 0 Å². The number of para-hydroxylation sites is 1. The summed E-state index contributed by atoms with van der Waals surface area (Å²) in [6.45, 7) is 2.18. The summed E-state index contributed by atoms with van der Waals surface area (Å²) in [6.07, 6.45) is 3.26. The van der Waals surface area contributed by atoms with Crippen molar-refractivity contribution >= 4 is 22.5 Å². The summed E-state index contributed by atoms with van der Waals surface area (Å²) in [6, 6.07) is 13.6. The molecule has 4 rings (SSSR count). The van der Waals surface area contributed by atoms with E-state index in [0.717, 1.165) is 46.5 Å². The van der Waals surface area contributed by atoms with Crippen LogP contribution in [-0.4, -0.2) is 23.4 Å². The number of amides is 1. The Kier molecular flexibility index (Phi) is 4.31. The molecular formula is C20H19N3O3. The van der Waals surface area contributed by atoms with Gasteiger partial charge in [-0.15, -0.1) is 0 Å². The number of rotatable bonds is 5. The highest BCUT2D eigenvalue weighted by molar-refractivity contribution is 6.06. The summed E-state index contributed by atoms with van der Waals surface area (Å²) in [5.41, 5.74) is 6.16. The van der Waals surface area contributed by atoms with Crippen molar-refractivity contribution in [2.45, 2.75) is 19.8 Å². The third-order valence-electron chi connectivity index (χ3n) is 4.39. The predicted molar refractivity (Wildman–Crippen MR) is 99.8 cm³/mol. The normalized spacial score (nSPS) is 13.2. The third kappa shape index (κ3) is 3.26. The minimum atomic E-state index is -0.218. The highest BCUT2D eigenvalue weighted by Crippen LogP contribution is 2.32. The van der Waals surface area contributed by atoms with Crippen molar-refractivity contribution < 1.29 is 14.3 Å². The molecule has 0 atom stereocenters. The average molecular weight is 349 g/mol. The van der Waals surface area contributed by atoms with Gasteiger partial charge in [0.15, 0.2) is 11.5 Å². The number of fused-ring (bicyclic) bond motifs is 2. The fraction of sp³-hybridized carbons (Fsp3) is 0.200. The van der Waals surface area contributed by atoms with Gasteiger partial charge < -0.3 is 14.5 Å². The molecule has 6 nitrogen and oxygen atoms in total. The van der Waals surface area contributed by atoms with E-state index in [2.05, 4.69) is 15.5 Å². The number of H-pyrrole nitrogens is 1. The van der Waals surface area contributed by atoms with E-state index < -0.39 is 0 Å². The van der Waals surface area contributed by atoms with Crippen molar-refractivity contribution in [3.63, 3.8) is 0 Å². The minimum Gasteiger partial charge on any atom is -0.454 e. The van der Waals surface area contributed by atoms with Gasteiger partial charge in [0, 0.05) is 22.8 Å². The van der Waals surface area contributed by atoms with E-state index in [1.54, 1.807) is 6.20 Å². The molecule has 132 valence electrons. The lowest BCUT2D eigenvalue weighted by molar-refractivity contribution is 0.0956. The van der Waals surface area contributed by atoms with Gasteiger partial charge in [0.1, 0.15) is 0 Å². The largest absolute Gasteiger partial charge is 0.454 e. The minimum absolute atomic E-state index is 0.218. The summed E-state index contributed by atoms with van der Waals surface area (Å²) >= 11 is 0. The van der Waals surface area contributed by atoms with E-state index in [1.807, 2.05) is 49.4 Å². The number of nitrogens with zero attached hydrogens (tertiary/aromatic N) is 1. The summed E-state index contributed by atoms with van der Waals surface area (Å²) in [4.78, 5) is 15.5. The van der Waals surface area contributed by atoms with Gasteiger partial charge in [-0.05, 0) is 43.5 Å². The Bertz CT molecular complexity index is 991. The number of carbonyl (C=O) groups is 1. The molecular weight excluding hydrogens is 330 g/mol. The van der Waals surface area contributed by atoms with Crippen molar-refractivity contribution in [3.8, 4) is 11.5 Å². The van der Waals surface area contributed by atoms with Gasteiger partial charge in [-0.1, -0.05) is 24.3 Å². The molecule has 1 aliphatic heterocycles. The van der Waals surface area contributed by atoms with Crippen LogP contribution in [0, 0.1) is 0 Å². The number of hydrazone groups is 1. The summed E-state index contributed by atoms with van der Waals surface area (Å²) in [7, 11) is 0. The van der Waals surface area contributed by atoms with E-state index in [9.17, 15) is 4.79 Å².